The van der Waals surface area contributed by atoms with Gasteiger partial charge in [-0.2, -0.15) is 0 Å². The van der Waals surface area contributed by atoms with Gasteiger partial charge >= 0.3 is 0 Å². The molecule has 0 saturated heterocycles. The fraction of sp³-hybridized carbons (Fsp3) is 0.167. The summed E-state index contributed by atoms with van der Waals surface area (Å²) in [4.78, 5) is 19.8. The summed E-state index contributed by atoms with van der Waals surface area (Å²) in [7, 11) is 0. The molecule has 0 spiro atoms. The Labute approximate surface area is 179 Å². The van der Waals surface area contributed by atoms with Crippen molar-refractivity contribution in [3.8, 4) is 17.1 Å². The van der Waals surface area contributed by atoms with Gasteiger partial charge in [-0.05, 0) is 55.0 Å². The molecule has 0 aliphatic carbocycles. The third-order valence-corrected chi connectivity index (χ3v) is 4.82. The van der Waals surface area contributed by atoms with E-state index in [0.717, 1.165) is 35.2 Å². The van der Waals surface area contributed by atoms with Crippen LogP contribution in [0, 0.1) is 10.1 Å². The first kappa shape index (κ1) is 20.3. The zero-order valence-corrected chi connectivity index (χ0v) is 17.1. The molecule has 0 aliphatic rings. The number of aromatic nitrogens is 2. The molecular formula is C24H22N4O3. The summed E-state index contributed by atoms with van der Waals surface area (Å²) in [6.07, 6.45) is 2.12. The number of para-hydroxylation sites is 1. The van der Waals surface area contributed by atoms with E-state index in [-0.39, 0.29) is 5.69 Å². The molecule has 0 unspecified atom stereocenters. The fourth-order valence-corrected chi connectivity index (χ4v) is 3.14. The molecule has 7 heteroatoms. The summed E-state index contributed by atoms with van der Waals surface area (Å²) in [6.45, 7) is 2.84. The lowest BCUT2D eigenvalue weighted by atomic mass is 10.1. The molecule has 156 valence electrons. The van der Waals surface area contributed by atoms with E-state index in [1.165, 1.54) is 12.1 Å². The van der Waals surface area contributed by atoms with Crippen LogP contribution in [0.1, 0.15) is 19.8 Å². The standard InChI is InChI=1S/C24H22N4O3/c1-2-3-16-31-20-14-10-18(11-15-20)25-24-21-6-4-5-7-22(21)26-23(27-24)17-8-12-19(13-9-17)28(29)30/h4-15H,2-3,16H2,1H3,(H,25,26,27). The Morgan fingerprint density at radius 3 is 2.42 bits per heavy atom. The first-order chi connectivity index (χ1) is 15.1. The molecule has 7 nitrogen and oxygen atoms in total. The molecule has 0 saturated carbocycles. The normalized spacial score (nSPS) is 10.7. The number of anilines is 2. The Morgan fingerprint density at radius 1 is 0.968 bits per heavy atom. The van der Waals surface area contributed by atoms with Crippen LogP contribution in [-0.2, 0) is 0 Å². The Bertz CT molecular complexity index is 1190. The Morgan fingerprint density at radius 2 is 1.71 bits per heavy atom. The highest BCUT2D eigenvalue weighted by Crippen LogP contribution is 2.28. The molecule has 3 aromatic carbocycles. The average molecular weight is 414 g/mol. The smallest absolute Gasteiger partial charge is 0.269 e. The average Bonchev–Trinajstić information content (AvgIpc) is 2.80. The Hall–Kier alpha value is -4.00. The molecule has 0 amide bonds. The second kappa shape index (κ2) is 9.21. The Balaban J connectivity index is 1.64. The van der Waals surface area contributed by atoms with Crippen LogP contribution in [0.15, 0.2) is 72.8 Å². The van der Waals surface area contributed by atoms with Crippen molar-refractivity contribution in [2.75, 3.05) is 11.9 Å². The van der Waals surface area contributed by atoms with Gasteiger partial charge in [0.25, 0.3) is 5.69 Å². The molecule has 1 heterocycles. The summed E-state index contributed by atoms with van der Waals surface area (Å²) in [5.41, 5.74) is 2.40. The van der Waals surface area contributed by atoms with Crippen molar-refractivity contribution in [3.63, 3.8) is 0 Å². The van der Waals surface area contributed by atoms with Crippen molar-refractivity contribution in [2.24, 2.45) is 0 Å². The van der Waals surface area contributed by atoms with Crippen LogP contribution in [0.4, 0.5) is 17.2 Å². The predicted molar refractivity (Wildman–Crippen MR) is 122 cm³/mol. The number of ether oxygens (including phenoxy) is 1. The van der Waals surface area contributed by atoms with E-state index in [0.29, 0.717) is 23.8 Å². The Kier molecular flexibility index (Phi) is 6.03. The van der Waals surface area contributed by atoms with Gasteiger partial charge in [-0.1, -0.05) is 25.5 Å². The van der Waals surface area contributed by atoms with Crippen molar-refractivity contribution in [1.29, 1.82) is 0 Å². The van der Waals surface area contributed by atoms with Crippen molar-refractivity contribution < 1.29 is 9.66 Å². The number of nitro benzene ring substituents is 1. The van der Waals surface area contributed by atoms with E-state index >= 15 is 0 Å². The molecule has 0 aliphatic heterocycles. The second-order valence-electron chi connectivity index (χ2n) is 7.07. The van der Waals surface area contributed by atoms with Gasteiger partial charge in [-0.25, -0.2) is 9.97 Å². The number of nitrogens with one attached hydrogen (secondary N) is 1. The zero-order chi connectivity index (χ0) is 21.6. The highest BCUT2D eigenvalue weighted by molar-refractivity contribution is 5.92. The molecule has 0 atom stereocenters. The molecule has 31 heavy (non-hydrogen) atoms. The van der Waals surface area contributed by atoms with E-state index in [9.17, 15) is 10.1 Å². The fourth-order valence-electron chi connectivity index (χ4n) is 3.14. The van der Waals surface area contributed by atoms with Crippen molar-refractivity contribution in [3.05, 3.63) is 82.9 Å². The minimum absolute atomic E-state index is 0.0316. The first-order valence-electron chi connectivity index (χ1n) is 10.2. The number of fused-ring (bicyclic) bond motifs is 1. The molecule has 0 radical (unpaired) electrons. The van der Waals surface area contributed by atoms with E-state index in [1.807, 2.05) is 48.5 Å². The van der Waals surface area contributed by atoms with Gasteiger partial charge in [0.2, 0.25) is 0 Å². The summed E-state index contributed by atoms with van der Waals surface area (Å²) < 4.78 is 5.72. The molecule has 4 rings (SSSR count). The minimum Gasteiger partial charge on any atom is -0.494 e. The van der Waals surface area contributed by atoms with Crippen LogP contribution < -0.4 is 10.1 Å². The van der Waals surface area contributed by atoms with E-state index < -0.39 is 4.92 Å². The van der Waals surface area contributed by atoms with E-state index in [4.69, 9.17) is 9.72 Å². The van der Waals surface area contributed by atoms with Crippen molar-refractivity contribution >= 4 is 28.1 Å². The van der Waals surface area contributed by atoms with Crippen LogP contribution in [0.5, 0.6) is 5.75 Å². The van der Waals surface area contributed by atoms with Gasteiger partial charge in [0.15, 0.2) is 5.82 Å². The maximum atomic E-state index is 10.9. The lowest BCUT2D eigenvalue weighted by Crippen LogP contribution is -2.00. The minimum atomic E-state index is -0.423. The summed E-state index contributed by atoms with van der Waals surface area (Å²) in [6, 6.07) is 21.7. The number of nitrogens with zero attached hydrogens (tertiary/aromatic N) is 3. The largest absolute Gasteiger partial charge is 0.494 e. The summed E-state index contributed by atoms with van der Waals surface area (Å²) in [5, 5.41) is 15.2. The SMILES string of the molecule is CCCCOc1ccc(Nc2nc(-c3ccc([N+](=O)[O-])cc3)nc3ccccc23)cc1. The van der Waals surface area contributed by atoms with Gasteiger partial charge in [0, 0.05) is 28.8 Å². The summed E-state index contributed by atoms with van der Waals surface area (Å²) in [5.74, 6) is 1.99. The molecule has 1 N–H and O–H groups in total. The first-order valence-corrected chi connectivity index (χ1v) is 10.2. The quantitative estimate of drug-likeness (QED) is 0.212. The van der Waals surface area contributed by atoms with Crippen LogP contribution in [0.2, 0.25) is 0 Å². The maximum Gasteiger partial charge on any atom is 0.269 e. The highest BCUT2D eigenvalue weighted by atomic mass is 16.6. The van der Waals surface area contributed by atoms with E-state index in [2.05, 4.69) is 17.2 Å². The van der Waals surface area contributed by atoms with Gasteiger partial charge in [0.05, 0.1) is 17.0 Å². The molecule has 0 fully saturated rings. The van der Waals surface area contributed by atoms with Gasteiger partial charge in [-0.15, -0.1) is 0 Å². The summed E-state index contributed by atoms with van der Waals surface area (Å²) >= 11 is 0. The van der Waals surface area contributed by atoms with Crippen LogP contribution in [-0.4, -0.2) is 21.5 Å². The number of hydrogen-bond donors (Lipinski definition) is 1. The molecule has 4 aromatic rings. The van der Waals surface area contributed by atoms with Gasteiger partial charge in [-0.3, -0.25) is 10.1 Å². The monoisotopic (exact) mass is 414 g/mol. The van der Waals surface area contributed by atoms with Crippen molar-refractivity contribution in [2.45, 2.75) is 19.8 Å². The number of hydrogen-bond acceptors (Lipinski definition) is 6. The van der Waals surface area contributed by atoms with Crippen LogP contribution in [0.3, 0.4) is 0 Å². The second-order valence-corrected chi connectivity index (χ2v) is 7.07. The number of nitro groups is 1. The van der Waals surface area contributed by atoms with Gasteiger partial charge < -0.3 is 10.1 Å². The predicted octanol–water partition coefficient (Wildman–Crippen LogP) is 6.13. The molecular weight excluding hydrogens is 392 g/mol. The van der Waals surface area contributed by atoms with E-state index in [1.54, 1.807) is 12.1 Å². The number of rotatable bonds is 8. The van der Waals surface area contributed by atoms with Gasteiger partial charge in [0.1, 0.15) is 11.6 Å². The maximum absolute atomic E-state index is 10.9. The lowest BCUT2D eigenvalue weighted by molar-refractivity contribution is -0.384. The third-order valence-electron chi connectivity index (χ3n) is 4.82. The molecule has 1 aromatic heterocycles. The van der Waals surface area contributed by atoms with Crippen molar-refractivity contribution in [1.82, 2.24) is 9.97 Å². The molecule has 0 bridgehead atoms. The van der Waals surface area contributed by atoms with Crippen LogP contribution in [0.25, 0.3) is 22.3 Å². The number of non-ortho nitro benzene ring substituents is 1. The van der Waals surface area contributed by atoms with Crippen LogP contribution >= 0.6 is 0 Å². The lowest BCUT2D eigenvalue weighted by Gasteiger charge is -2.12. The highest BCUT2D eigenvalue weighted by Gasteiger charge is 2.12. The number of unbranched alkanes of at least 4 members (excludes halogenated alkanes) is 1. The third kappa shape index (κ3) is 4.78. The zero-order valence-electron chi connectivity index (χ0n) is 17.1. The topological polar surface area (TPSA) is 90.2 Å². The number of benzene rings is 3.